The van der Waals surface area contributed by atoms with E-state index in [0.717, 1.165) is 6.54 Å². The molecule has 88 valence electrons. The van der Waals surface area contributed by atoms with E-state index in [-0.39, 0.29) is 0 Å². The van der Waals surface area contributed by atoms with Crippen LogP contribution in [0, 0.1) is 13.8 Å². The fraction of sp³-hybridized carbons (Fsp3) is 0.571. The average Bonchev–Trinajstić information content (AvgIpc) is 2.52. The molecule has 0 spiro atoms. The van der Waals surface area contributed by atoms with Gasteiger partial charge in [-0.15, -0.1) is 0 Å². The molecule has 1 unspecified atom stereocenters. The number of anilines is 1. The first kappa shape index (κ1) is 11.5. The molecular weight excluding hydrogens is 196 g/mol. The monoisotopic (exact) mass is 218 g/mol. The maximum atomic E-state index is 3.65. The minimum atomic E-state index is 0.636. The zero-order valence-electron chi connectivity index (χ0n) is 10.3. The molecule has 1 fully saturated rings. The summed E-state index contributed by atoms with van der Waals surface area (Å²) in [6.07, 6.45) is 3.79. The quantitative estimate of drug-likeness (QED) is 0.797. The minimum absolute atomic E-state index is 0.636. The van der Waals surface area contributed by atoms with Crippen molar-refractivity contribution in [2.75, 3.05) is 18.4 Å². The van der Waals surface area contributed by atoms with E-state index in [4.69, 9.17) is 0 Å². The lowest BCUT2D eigenvalue weighted by molar-refractivity contribution is 0.637. The van der Waals surface area contributed by atoms with Crippen LogP contribution in [0.4, 0.5) is 5.69 Å². The van der Waals surface area contributed by atoms with Gasteiger partial charge in [-0.3, -0.25) is 0 Å². The summed E-state index contributed by atoms with van der Waals surface area (Å²) < 4.78 is 0. The van der Waals surface area contributed by atoms with Crippen molar-refractivity contribution in [3.05, 3.63) is 29.3 Å². The predicted molar refractivity (Wildman–Crippen MR) is 70.0 cm³/mol. The standard InChI is InChI=1S/C14H22N2/c1-11-5-6-14(10-12(11)2)16-13-4-3-8-15-9-7-13/h5-6,10,13,15-16H,3-4,7-9H2,1-2H3. The van der Waals surface area contributed by atoms with E-state index in [2.05, 4.69) is 42.7 Å². The second-order valence-electron chi connectivity index (χ2n) is 4.82. The normalized spacial score (nSPS) is 21.5. The Balaban J connectivity index is 1.99. The summed E-state index contributed by atoms with van der Waals surface area (Å²) >= 11 is 0. The van der Waals surface area contributed by atoms with E-state index in [1.807, 2.05) is 0 Å². The Morgan fingerprint density at radius 2 is 2.00 bits per heavy atom. The molecule has 0 aromatic heterocycles. The lowest BCUT2D eigenvalue weighted by Crippen LogP contribution is -2.21. The summed E-state index contributed by atoms with van der Waals surface area (Å²) in [6.45, 7) is 6.65. The summed E-state index contributed by atoms with van der Waals surface area (Å²) in [5.74, 6) is 0. The molecule has 2 N–H and O–H groups in total. The zero-order valence-corrected chi connectivity index (χ0v) is 10.3. The van der Waals surface area contributed by atoms with Gasteiger partial charge >= 0.3 is 0 Å². The third-order valence-corrected chi connectivity index (χ3v) is 3.45. The molecule has 0 saturated carbocycles. The van der Waals surface area contributed by atoms with Gasteiger partial charge in [-0.1, -0.05) is 6.07 Å². The molecule has 1 atom stereocenters. The van der Waals surface area contributed by atoms with Crippen LogP contribution in [0.25, 0.3) is 0 Å². The fourth-order valence-electron chi connectivity index (χ4n) is 2.23. The van der Waals surface area contributed by atoms with Crippen molar-refractivity contribution in [1.82, 2.24) is 5.32 Å². The summed E-state index contributed by atoms with van der Waals surface area (Å²) in [6, 6.07) is 7.29. The Morgan fingerprint density at radius 3 is 2.81 bits per heavy atom. The summed E-state index contributed by atoms with van der Waals surface area (Å²) in [4.78, 5) is 0. The molecule has 2 heteroatoms. The second-order valence-corrected chi connectivity index (χ2v) is 4.82. The first-order valence-corrected chi connectivity index (χ1v) is 6.30. The van der Waals surface area contributed by atoms with E-state index < -0.39 is 0 Å². The van der Waals surface area contributed by atoms with Crippen LogP contribution in [-0.4, -0.2) is 19.1 Å². The fourth-order valence-corrected chi connectivity index (χ4v) is 2.23. The molecule has 2 nitrogen and oxygen atoms in total. The Hall–Kier alpha value is -1.02. The molecule has 1 aromatic rings. The van der Waals surface area contributed by atoms with Crippen LogP contribution in [0.5, 0.6) is 0 Å². The summed E-state index contributed by atoms with van der Waals surface area (Å²) in [5, 5.41) is 7.09. The molecule has 0 amide bonds. The summed E-state index contributed by atoms with van der Waals surface area (Å²) in [5.41, 5.74) is 4.01. The van der Waals surface area contributed by atoms with Crippen molar-refractivity contribution in [1.29, 1.82) is 0 Å². The third-order valence-electron chi connectivity index (χ3n) is 3.45. The Bertz CT molecular complexity index is 339. The summed E-state index contributed by atoms with van der Waals surface area (Å²) in [7, 11) is 0. The van der Waals surface area contributed by atoms with Gasteiger partial charge < -0.3 is 10.6 Å². The van der Waals surface area contributed by atoms with Crippen molar-refractivity contribution in [3.8, 4) is 0 Å². The first-order valence-electron chi connectivity index (χ1n) is 6.30. The number of hydrogen-bond acceptors (Lipinski definition) is 2. The molecule has 0 radical (unpaired) electrons. The van der Waals surface area contributed by atoms with Gasteiger partial charge in [0.1, 0.15) is 0 Å². The van der Waals surface area contributed by atoms with E-state index in [9.17, 15) is 0 Å². The van der Waals surface area contributed by atoms with E-state index in [0.29, 0.717) is 6.04 Å². The SMILES string of the molecule is Cc1ccc(NC2CCCNCC2)cc1C. The van der Waals surface area contributed by atoms with Gasteiger partial charge in [0.2, 0.25) is 0 Å². The Morgan fingerprint density at radius 1 is 1.12 bits per heavy atom. The van der Waals surface area contributed by atoms with Gasteiger partial charge in [0.25, 0.3) is 0 Å². The van der Waals surface area contributed by atoms with Crippen LogP contribution < -0.4 is 10.6 Å². The highest BCUT2D eigenvalue weighted by molar-refractivity contribution is 5.48. The van der Waals surface area contributed by atoms with Crippen LogP contribution in [0.3, 0.4) is 0 Å². The lowest BCUT2D eigenvalue weighted by atomic mass is 10.1. The molecule has 1 aliphatic rings. The van der Waals surface area contributed by atoms with Gasteiger partial charge in [-0.05, 0) is 69.5 Å². The number of nitrogens with one attached hydrogen (secondary N) is 2. The molecule has 1 aliphatic heterocycles. The molecule has 0 bridgehead atoms. The number of hydrogen-bond donors (Lipinski definition) is 2. The van der Waals surface area contributed by atoms with Crippen molar-refractivity contribution < 1.29 is 0 Å². The van der Waals surface area contributed by atoms with Crippen LogP contribution >= 0.6 is 0 Å². The maximum Gasteiger partial charge on any atom is 0.0345 e. The minimum Gasteiger partial charge on any atom is -0.382 e. The van der Waals surface area contributed by atoms with Crippen LogP contribution in [0.15, 0.2) is 18.2 Å². The van der Waals surface area contributed by atoms with Gasteiger partial charge in [0.15, 0.2) is 0 Å². The highest BCUT2D eigenvalue weighted by Crippen LogP contribution is 2.17. The van der Waals surface area contributed by atoms with Crippen molar-refractivity contribution in [2.45, 2.75) is 39.2 Å². The maximum absolute atomic E-state index is 3.65. The molecule has 0 aliphatic carbocycles. The van der Waals surface area contributed by atoms with Gasteiger partial charge in [0.05, 0.1) is 0 Å². The number of rotatable bonds is 2. The molecule has 1 saturated heterocycles. The number of benzene rings is 1. The first-order chi connectivity index (χ1) is 7.75. The Kier molecular flexibility index (Phi) is 3.83. The zero-order chi connectivity index (χ0) is 11.4. The largest absolute Gasteiger partial charge is 0.382 e. The van der Waals surface area contributed by atoms with Crippen LogP contribution in [-0.2, 0) is 0 Å². The molecule has 2 rings (SSSR count). The Labute approximate surface area is 98.4 Å². The second kappa shape index (κ2) is 5.35. The van der Waals surface area contributed by atoms with Crippen molar-refractivity contribution in [3.63, 3.8) is 0 Å². The van der Waals surface area contributed by atoms with Crippen molar-refractivity contribution in [2.24, 2.45) is 0 Å². The molecule has 16 heavy (non-hydrogen) atoms. The highest BCUT2D eigenvalue weighted by Gasteiger charge is 2.11. The van der Waals surface area contributed by atoms with E-state index >= 15 is 0 Å². The highest BCUT2D eigenvalue weighted by atomic mass is 14.9. The topological polar surface area (TPSA) is 24.1 Å². The van der Waals surface area contributed by atoms with Crippen molar-refractivity contribution >= 4 is 5.69 Å². The molecule has 1 aromatic carbocycles. The average molecular weight is 218 g/mol. The van der Waals surface area contributed by atoms with Crippen LogP contribution in [0.2, 0.25) is 0 Å². The van der Waals surface area contributed by atoms with E-state index in [1.54, 1.807) is 0 Å². The number of aryl methyl sites for hydroxylation is 2. The van der Waals surface area contributed by atoms with Gasteiger partial charge in [-0.2, -0.15) is 0 Å². The lowest BCUT2D eigenvalue weighted by Gasteiger charge is -2.18. The van der Waals surface area contributed by atoms with Crippen LogP contribution in [0.1, 0.15) is 30.4 Å². The predicted octanol–water partition coefficient (Wildman–Crippen LogP) is 2.86. The molecule has 1 heterocycles. The van der Waals surface area contributed by atoms with E-state index in [1.165, 1.54) is 42.6 Å². The third kappa shape index (κ3) is 2.99. The van der Waals surface area contributed by atoms with Gasteiger partial charge in [-0.25, -0.2) is 0 Å². The smallest absolute Gasteiger partial charge is 0.0345 e. The van der Waals surface area contributed by atoms with Gasteiger partial charge in [0, 0.05) is 11.7 Å². The molecular formula is C14H22N2.